The first-order chi connectivity index (χ1) is 13.2. The first-order valence-electron chi connectivity index (χ1n) is 8.97. The average Bonchev–Trinajstić information content (AvgIpc) is 3.00. The number of carbonyl (C=O) groups excluding carboxylic acids is 1. The van der Waals surface area contributed by atoms with Gasteiger partial charge in [0.15, 0.2) is 0 Å². The van der Waals surface area contributed by atoms with Crippen molar-refractivity contribution in [3.8, 4) is 0 Å². The van der Waals surface area contributed by atoms with E-state index in [0.717, 1.165) is 5.56 Å². The summed E-state index contributed by atoms with van der Waals surface area (Å²) in [6, 6.07) is 13.4. The second-order valence-corrected chi connectivity index (χ2v) is 9.24. The molecule has 1 fully saturated rings. The van der Waals surface area contributed by atoms with Crippen molar-refractivity contribution in [3.05, 3.63) is 65.7 Å². The highest BCUT2D eigenvalue weighted by atomic mass is 32.2. The van der Waals surface area contributed by atoms with Gasteiger partial charge in [-0.05, 0) is 38.1 Å². The predicted octanol–water partition coefficient (Wildman–Crippen LogP) is 2.77. The number of carbonyl (C=O) groups is 2. The monoisotopic (exact) mass is 403 g/mol. The minimum atomic E-state index is -4.21. The SMILES string of the molecule is Cc1ccc(S(=O)(=O)[N@@+]2(C(=O)O)CC(NC(=O)c3ccccc3)CC2C)cc1. The summed E-state index contributed by atoms with van der Waals surface area (Å²) in [4.78, 5) is 24.6. The topological polar surface area (TPSA) is 101 Å². The largest absolute Gasteiger partial charge is 0.529 e. The van der Waals surface area contributed by atoms with Gasteiger partial charge in [-0.3, -0.25) is 4.79 Å². The second kappa shape index (κ2) is 7.37. The third-order valence-corrected chi connectivity index (χ3v) is 7.66. The maximum atomic E-state index is 13.3. The van der Waals surface area contributed by atoms with Crippen LogP contribution in [0.2, 0.25) is 0 Å². The van der Waals surface area contributed by atoms with Crippen molar-refractivity contribution in [1.29, 1.82) is 0 Å². The lowest BCUT2D eigenvalue weighted by molar-refractivity contribution is -0.742. The number of hydrogen-bond donors (Lipinski definition) is 2. The highest BCUT2D eigenvalue weighted by molar-refractivity contribution is 7.86. The van der Waals surface area contributed by atoms with Gasteiger partial charge in [-0.1, -0.05) is 35.9 Å². The molecule has 1 saturated heterocycles. The number of quaternary nitrogens is 1. The molecule has 1 aliphatic rings. The van der Waals surface area contributed by atoms with Gasteiger partial charge in [-0.15, -0.1) is 3.89 Å². The summed E-state index contributed by atoms with van der Waals surface area (Å²) >= 11 is 0. The van der Waals surface area contributed by atoms with Gasteiger partial charge in [0.05, 0.1) is 6.04 Å². The minimum Gasteiger partial charge on any atom is -0.435 e. The van der Waals surface area contributed by atoms with Crippen LogP contribution >= 0.6 is 0 Å². The summed E-state index contributed by atoms with van der Waals surface area (Å²) in [6.45, 7) is 3.19. The van der Waals surface area contributed by atoms with Crippen LogP contribution < -0.4 is 5.32 Å². The van der Waals surface area contributed by atoms with Crippen LogP contribution in [-0.2, 0) is 10.0 Å². The van der Waals surface area contributed by atoms with Gasteiger partial charge in [-0.2, -0.15) is 13.2 Å². The Morgan fingerprint density at radius 1 is 1.07 bits per heavy atom. The Morgan fingerprint density at radius 3 is 2.25 bits per heavy atom. The molecule has 3 rings (SSSR count). The molecule has 2 unspecified atom stereocenters. The molecule has 3 atom stereocenters. The molecule has 1 aliphatic heterocycles. The van der Waals surface area contributed by atoms with Crippen molar-refractivity contribution >= 4 is 22.0 Å². The third kappa shape index (κ3) is 3.29. The Morgan fingerprint density at radius 2 is 1.68 bits per heavy atom. The van der Waals surface area contributed by atoms with Crippen molar-refractivity contribution in [2.75, 3.05) is 6.54 Å². The fourth-order valence-corrected chi connectivity index (χ4v) is 5.73. The van der Waals surface area contributed by atoms with Crippen LogP contribution in [0.15, 0.2) is 59.5 Å². The Labute approximate surface area is 164 Å². The second-order valence-electron chi connectivity index (χ2n) is 7.17. The molecule has 0 radical (unpaired) electrons. The zero-order valence-electron chi connectivity index (χ0n) is 15.7. The lowest BCUT2D eigenvalue weighted by atomic mass is 10.1. The zero-order valence-corrected chi connectivity index (χ0v) is 16.5. The van der Waals surface area contributed by atoms with Gasteiger partial charge in [0.25, 0.3) is 5.91 Å². The number of amides is 2. The van der Waals surface area contributed by atoms with E-state index in [-0.39, 0.29) is 23.8 Å². The van der Waals surface area contributed by atoms with Crippen molar-refractivity contribution < 1.29 is 27.0 Å². The number of likely N-dealkylation sites (tertiary alicyclic amines) is 1. The zero-order chi connectivity index (χ0) is 20.5. The fraction of sp³-hybridized carbons (Fsp3) is 0.300. The number of nitrogens with one attached hydrogen (secondary N) is 1. The summed E-state index contributed by atoms with van der Waals surface area (Å²) in [7, 11) is -4.21. The molecule has 2 amide bonds. The quantitative estimate of drug-likeness (QED) is 0.765. The number of hydrogen-bond acceptors (Lipinski definition) is 4. The van der Waals surface area contributed by atoms with E-state index >= 15 is 0 Å². The molecule has 148 valence electrons. The number of benzene rings is 2. The van der Waals surface area contributed by atoms with Crippen LogP contribution in [0.4, 0.5) is 4.79 Å². The van der Waals surface area contributed by atoms with Gasteiger partial charge in [-0.25, -0.2) is 0 Å². The molecule has 2 aromatic carbocycles. The molecule has 7 nitrogen and oxygen atoms in total. The Balaban J connectivity index is 1.92. The van der Waals surface area contributed by atoms with Gasteiger partial charge >= 0.3 is 16.1 Å². The highest BCUT2D eigenvalue weighted by Crippen LogP contribution is 2.36. The highest BCUT2D eigenvalue weighted by Gasteiger charge is 2.60. The standard InChI is InChI=1S/C20H22N2O5S/c1-14-8-10-18(11-9-14)28(26,27)22(20(24)25)13-17(12-15(22)2)21-19(23)16-6-4-3-5-7-16/h3-11,15,17H,12-13H2,1-2H3,(H-,21,23,24,25)/p+1/t15?,17?,22-/m0/s1. The first-order valence-corrected chi connectivity index (χ1v) is 10.4. The van der Waals surface area contributed by atoms with Crippen LogP contribution in [-0.4, -0.2) is 48.0 Å². The lowest BCUT2D eigenvalue weighted by Gasteiger charge is -2.30. The van der Waals surface area contributed by atoms with E-state index in [1.165, 1.54) is 12.1 Å². The molecule has 1 heterocycles. The van der Waals surface area contributed by atoms with E-state index in [1.807, 2.05) is 6.92 Å². The van der Waals surface area contributed by atoms with Crippen LogP contribution in [0.3, 0.4) is 0 Å². The van der Waals surface area contributed by atoms with E-state index < -0.39 is 32.1 Å². The van der Waals surface area contributed by atoms with E-state index in [0.29, 0.717) is 5.56 Å². The number of aryl methyl sites for hydroxylation is 1. The number of carboxylic acid groups (broad SMARTS) is 1. The van der Waals surface area contributed by atoms with Crippen molar-refractivity contribution in [2.45, 2.75) is 37.2 Å². The third-order valence-electron chi connectivity index (χ3n) is 5.27. The summed E-state index contributed by atoms with van der Waals surface area (Å²) < 4.78 is 25.5. The Bertz CT molecular complexity index is 989. The summed E-state index contributed by atoms with van der Waals surface area (Å²) in [5.41, 5.74) is 1.32. The van der Waals surface area contributed by atoms with Crippen LogP contribution in [0.5, 0.6) is 0 Å². The van der Waals surface area contributed by atoms with Gasteiger partial charge in [0, 0.05) is 12.0 Å². The molecule has 2 N–H and O–H groups in total. The fourth-order valence-electron chi connectivity index (χ4n) is 3.73. The van der Waals surface area contributed by atoms with Gasteiger partial charge in [0.2, 0.25) is 0 Å². The molecule has 0 aromatic heterocycles. The van der Waals surface area contributed by atoms with Gasteiger partial charge < -0.3 is 10.4 Å². The summed E-state index contributed by atoms with van der Waals surface area (Å²) in [6.07, 6.45) is -1.19. The maximum absolute atomic E-state index is 13.3. The Hall–Kier alpha value is -2.71. The molecule has 2 aromatic rings. The molecule has 28 heavy (non-hydrogen) atoms. The smallest absolute Gasteiger partial charge is 0.435 e. The Kier molecular flexibility index (Phi) is 5.27. The number of rotatable bonds is 4. The normalized spacial score (nSPS) is 24.6. The van der Waals surface area contributed by atoms with Crippen molar-refractivity contribution in [2.24, 2.45) is 0 Å². The van der Waals surface area contributed by atoms with E-state index in [2.05, 4.69) is 5.32 Å². The minimum absolute atomic E-state index is 0.0395. The van der Waals surface area contributed by atoms with E-state index in [9.17, 15) is 23.1 Å². The molecular weight excluding hydrogens is 380 g/mol. The van der Waals surface area contributed by atoms with Crippen molar-refractivity contribution in [1.82, 2.24) is 5.32 Å². The number of sulfonamides is 1. The molecule has 0 spiro atoms. The molecule has 0 saturated carbocycles. The van der Waals surface area contributed by atoms with Crippen LogP contribution in [0, 0.1) is 6.92 Å². The maximum Gasteiger partial charge on any atom is 0.529 e. The van der Waals surface area contributed by atoms with Crippen molar-refractivity contribution in [3.63, 3.8) is 0 Å². The molecule has 0 bridgehead atoms. The molecule has 8 heteroatoms. The summed E-state index contributed by atoms with van der Waals surface area (Å²) in [5.74, 6) is -0.351. The summed E-state index contributed by atoms with van der Waals surface area (Å²) in [5, 5.41) is 12.7. The molecular formula is C20H23N2O5S+. The number of nitrogens with zero attached hydrogens (tertiary/aromatic N) is 1. The van der Waals surface area contributed by atoms with E-state index in [4.69, 9.17) is 0 Å². The lowest BCUT2D eigenvalue weighted by Crippen LogP contribution is -2.59. The average molecular weight is 403 g/mol. The van der Waals surface area contributed by atoms with Crippen LogP contribution in [0.25, 0.3) is 0 Å². The predicted molar refractivity (Wildman–Crippen MR) is 103 cm³/mol. The first kappa shape index (κ1) is 20.0. The van der Waals surface area contributed by atoms with E-state index in [1.54, 1.807) is 49.4 Å². The molecule has 0 aliphatic carbocycles. The van der Waals surface area contributed by atoms with Crippen LogP contribution in [0.1, 0.15) is 29.3 Å². The van der Waals surface area contributed by atoms with Gasteiger partial charge in [0.1, 0.15) is 17.5 Å².